The van der Waals surface area contributed by atoms with Crippen molar-refractivity contribution in [1.82, 2.24) is 4.98 Å². The van der Waals surface area contributed by atoms with Gasteiger partial charge in [-0.05, 0) is 59.9 Å². The highest BCUT2D eigenvalue weighted by molar-refractivity contribution is 5.79. The minimum atomic E-state index is 0.992. The zero-order valence-electron chi connectivity index (χ0n) is 18.4. The summed E-state index contributed by atoms with van der Waals surface area (Å²) >= 11 is 0. The average molecular weight is 412 g/mol. The van der Waals surface area contributed by atoms with Crippen LogP contribution in [-0.4, -0.2) is 4.98 Å². The largest absolute Gasteiger partial charge is 0.248 e. The molecule has 0 bridgehead atoms. The molecular weight excluding hydrogens is 386 g/mol. The first-order valence-corrected chi connectivity index (χ1v) is 11.0. The molecule has 5 rings (SSSR count). The Morgan fingerprint density at radius 1 is 0.438 bits per heavy atom. The smallest absolute Gasteiger partial charge is 0.0718 e. The number of aryl methyl sites for hydroxylation is 2. The number of aromatic nitrogens is 1. The van der Waals surface area contributed by atoms with Gasteiger partial charge >= 0.3 is 0 Å². The first-order valence-electron chi connectivity index (χ1n) is 11.0. The predicted molar refractivity (Wildman–Crippen MR) is 135 cm³/mol. The van der Waals surface area contributed by atoms with Gasteiger partial charge in [0.1, 0.15) is 0 Å². The van der Waals surface area contributed by atoms with Gasteiger partial charge in [-0.15, -0.1) is 0 Å². The van der Waals surface area contributed by atoms with Crippen LogP contribution in [0.15, 0.2) is 115 Å². The second kappa shape index (κ2) is 8.64. The van der Waals surface area contributed by atoms with E-state index in [1.54, 1.807) is 0 Å². The molecule has 1 aromatic heterocycles. The van der Waals surface area contributed by atoms with Crippen LogP contribution in [0, 0.1) is 13.8 Å². The molecule has 0 atom stereocenters. The Morgan fingerprint density at radius 3 is 1.62 bits per heavy atom. The summed E-state index contributed by atoms with van der Waals surface area (Å²) in [5.41, 5.74) is 11.6. The first kappa shape index (κ1) is 20.0. The van der Waals surface area contributed by atoms with E-state index in [1.807, 2.05) is 6.07 Å². The van der Waals surface area contributed by atoms with Gasteiger partial charge in [0.25, 0.3) is 0 Å². The van der Waals surface area contributed by atoms with E-state index in [2.05, 4.69) is 123 Å². The molecular formula is C31H25N. The lowest BCUT2D eigenvalue weighted by molar-refractivity contribution is 1.29. The SMILES string of the molecule is Cc1ccc(C)c(-c2cc(-c3ccc(-c4ccccc4)cc3)cc(-c3ccccc3)n2)c1. The van der Waals surface area contributed by atoms with Crippen LogP contribution in [-0.2, 0) is 0 Å². The van der Waals surface area contributed by atoms with Gasteiger partial charge in [-0.2, -0.15) is 0 Å². The molecule has 0 aliphatic rings. The highest BCUT2D eigenvalue weighted by Gasteiger charge is 2.11. The van der Waals surface area contributed by atoms with Crippen molar-refractivity contribution in [2.24, 2.45) is 0 Å². The summed E-state index contributed by atoms with van der Waals surface area (Å²) in [4.78, 5) is 5.07. The Hall–Kier alpha value is -3.97. The molecule has 0 unspecified atom stereocenters. The highest BCUT2D eigenvalue weighted by atomic mass is 14.7. The molecule has 1 heteroatoms. The minimum absolute atomic E-state index is 0.992. The lowest BCUT2D eigenvalue weighted by Crippen LogP contribution is -1.93. The molecule has 0 aliphatic carbocycles. The van der Waals surface area contributed by atoms with Gasteiger partial charge in [-0.25, -0.2) is 4.98 Å². The van der Waals surface area contributed by atoms with E-state index in [0.29, 0.717) is 0 Å². The third-order valence-electron chi connectivity index (χ3n) is 5.89. The second-order valence-electron chi connectivity index (χ2n) is 8.25. The van der Waals surface area contributed by atoms with E-state index in [1.165, 1.54) is 38.9 Å². The van der Waals surface area contributed by atoms with Gasteiger partial charge in [-0.1, -0.05) is 103 Å². The number of rotatable bonds is 4. The summed E-state index contributed by atoms with van der Waals surface area (Å²) < 4.78 is 0. The number of nitrogens with zero attached hydrogens (tertiary/aromatic N) is 1. The predicted octanol–water partition coefficient (Wildman–Crippen LogP) is 8.37. The van der Waals surface area contributed by atoms with E-state index in [-0.39, 0.29) is 0 Å². The summed E-state index contributed by atoms with van der Waals surface area (Å²) in [5.74, 6) is 0. The molecule has 0 saturated carbocycles. The zero-order valence-corrected chi connectivity index (χ0v) is 18.4. The molecule has 0 fully saturated rings. The topological polar surface area (TPSA) is 12.9 Å². The van der Waals surface area contributed by atoms with E-state index in [4.69, 9.17) is 4.98 Å². The molecule has 0 radical (unpaired) electrons. The van der Waals surface area contributed by atoms with Gasteiger partial charge < -0.3 is 0 Å². The fraction of sp³-hybridized carbons (Fsp3) is 0.0645. The highest BCUT2D eigenvalue weighted by Crippen LogP contribution is 2.33. The maximum atomic E-state index is 5.07. The summed E-state index contributed by atoms with van der Waals surface area (Å²) in [6, 6.07) is 40.7. The minimum Gasteiger partial charge on any atom is -0.248 e. The monoisotopic (exact) mass is 411 g/mol. The fourth-order valence-electron chi connectivity index (χ4n) is 4.09. The number of benzene rings is 4. The number of pyridine rings is 1. The van der Waals surface area contributed by atoms with E-state index < -0.39 is 0 Å². The van der Waals surface area contributed by atoms with Crippen LogP contribution in [0.25, 0.3) is 44.8 Å². The van der Waals surface area contributed by atoms with Crippen LogP contribution >= 0.6 is 0 Å². The molecule has 154 valence electrons. The normalized spacial score (nSPS) is 10.8. The summed E-state index contributed by atoms with van der Waals surface area (Å²) in [6.07, 6.45) is 0. The Morgan fingerprint density at radius 2 is 0.969 bits per heavy atom. The van der Waals surface area contributed by atoms with Crippen LogP contribution in [0.1, 0.15) is 11.1 Å². The van der Waals surface area contributed by atoms with Crippen molar-refractivity contribution in [1.29, 1.82) is 0 Å². The maximum absolute atomic E-state index is 5.07. The van der Waals surface area contributed by atoms with Gasteiger partial charge in [0.2, 0.25) is 0 Å². The lowest BCUT2D eigenvalue weighted by Gasteiger charge is -2.13. The quantitative estimate of drug-likeness (QED) is 0.289. The fourth-order valence-corrected chi connectivity index (χ4v) is 4.09. The molecule has 0 spiro atoms. The van der Waals surface area contributed by atoms with Gasteiger partial charge in [0.15, 0.2) is 0 Å². The van der Waals surface area contributed by atoms with Crippen molar-refractivity contribution in [3.05, 3.63) is 126 Å². The van der Waals surface area contributed by atoms with Crippen LogP contribution < -0.4 is 0 Å². The standard InChI is InChI=1S/C31H25N/c1-22-13-14-23(2)29(19-22)31-21-28(20-30(32-31)27-11-7-4-8-12-27)26-17-15-25(16-18-26)24-9-5-3-6-10-24/h3-21H,1-2H3. The molecule has 0 N–H and O–H groups in total. The molecule has 4 aromatic carbocycles. The van der Waals surface area contributed by atoms with E-state index in [9.17, 15) is 0 Å². The third kappa shape index (κ3) is 4.10. The van der Waals surface area contributed by atoms with Crippen LogP contribution in [0.4, 0.5) is 0 Å². The molecule has 1 nitrogen and oxygen atoms in total. The van der Waals surface area contributed by atoms with Gasteiger partial charge in [0, 0.05) is 11.1 Å². The number of hydrogen-bond donors (Lipinski definition) is 0. The molecule has 5 aromatic rings. The molecule has 0 saturated heterocycles. The first-order chi connectivity index (χ1) is 15.7. The second-order valence-corrected chi connectivity index (χ2v) is 8.25. The van der Waals surface area contributed by atoms with Crippen LogP contribution in [0.2, 0.25) is 0 Å². The molecule has 32 heavy (non-hydrogen) atoms. The number of hydrogen-bond acceptors (Lipinski definition) is 1. The zero-order chi connectivity index (χ0) is 21.9. The molecule has 0 amide bonds. The maximum Gasteiger partial charge on any atom is 0.0718 e. The summed E-state index contributed by atoms with van der Waals surface area (Å²) in [6.45, 7) is 4.28. The Kier molecular flexibility index (Phi) is 5.39. The molecule has 1 heterocycles. The lowest BCUT2D eigenvalue weighted by atomic mass is 9.96. The Bertz CT molecular complexity index is 1350. The van der Waals surface area contributed by atoms with Gasteiger partial charge in [-0.3, -0.25) is 0 Å². The van der Waals surface area contributed by atoms with Gasteiger partial charge in [0.05, 0.1) is 11.4 Å². The van der Waals surface area contributed by atoms with E-state index in [0.717, 1.165) is 17.0 Å². The summed E-state index contributed by atoms with van der Waals surface area (Å²) in [7, 11) is 0. The Balaban J connectivity index is 1.64. The third-order valence-corrected chi connectivity index (χ3v) is 5.89. The Labute approximate surface area is 190 Å². The van der Waals surface area contributed by atoms with Crippen LogP contribution in [0.3, 0.4) is 0 Å². The van der Waals surface area contributed by atoms with Crippen molar-refractivity contribution in [3.8, 4) is 44.8 Å². The van der Waals surface area contributed by atoms with Crippen molar-refractivity contribution >= 4 is 0 Å². The molecule has 0 aliphatic heterocycles. The average Bonchev–Trinajstić information content (AvgIpc) is 2.86. The van der Waals surface area contributed by atoms with Crippen molar-refractivity contribution in [2.75, 3.05) is 0 Å². The summed E-state index contributed by atoms with van der Waals surface area (Å²) in [5, 5.41) is 0. The van der Waals surface area contributed by atoms with E-state index >= 15 is 0 Å². The van der Waals surface area contributed by atoms with Crippen molar-refractivity contribution in [2.45, 2.75) is 13.8 Å². The van der Waals surface area contributed by atoms with Crippen LogP contribution in [0.5, 0.6) is 0 Å². The van der Waals surface area contributed by atoms with Crippen molar-refractivity contribution in [3.63, 3.8) is 0 Å². The van der Waals surface area contributed by atoms with Crippen molar-refractivity contribution < 1.29 is 0 Å².